The second kappa shape index (κ2) is 7.91. The van der Waals surface area contributed by atoms with Gasteiger partial charge in [0.2, 0.25) is 0 Å². The Morgan fingerprint density at radius 2 is 1.69 bits per heavy atom. The van der Waals surface area contributed by atoms with Crippen molar-refractivity contribution < 1.29 is 0 Å². The van der Waals surface area contributed by atoms with Crippen LogP contribution in [0.25, 0.3) is 11.0 Å². The molecule has 0 radical (unpaired) electrons. The maximum absolute atomic E-state index is 4.30. The van der Waals surface area contributed by atoms with Gasteiger partial charge in [-0.05, 0) is 31.5 Å². The van der Waals surface area contributed by atoms with Crippen LogP contribution >= 0.6 is 0 Å². The Hall–Kier alpha value is -1.31. The van der Waals surface area contributed by atoms with Crippen LogP contribution in [0.15, 0.2) is 18.2 Å². The number of aromatic nitrogens is 2. The first-order valence-electron chi connectivity index (χ1n) is 6.10. The maximum atomic E-state index is 4.30. The number of imidazole rings is 1. The summed E-state index contributed by atoms with van der Waals surface area (Å²) < 4.78 is 0. The average molecular weight is 220 g/mol. The van der Waals surface area contributed by atoms with Crippen molar-refractivity contribution in [3.8, 4) is 0 Å². The van der Waals surface area contributed by atoms with Gasteiger partial charge in [0.05, 0.1) is 11.0 Å². The molecule has 2 nitrogen and oxygen atoms in total. The van der Waals surface area contributed by atoms with Gasteiger partial charge in [-0.1, -0.05) is 40.2 Å². The molecule has 0 fully saturated rings. The Labute approximate surface area is 99.1 Å². The molecule has 0 atom stereocenters. The molecule has 0 spiro atoms. The Bertz CT molecular complexity index is 402. The molecule has 0 aliphatic rings. The van der Waals surface area contributed by atoms with Crippen molar-refractivity contribution in [3.63, 3.8) is 0 Å². The summed E-state index contributed by atoms with van der Waals surface area (Å²) in [6.45, 7) is 12.3. The number of aryl methyl sites for hydroxylation is 2. The van der Waals surface area contributed by atoms with Gasteiger partial charge >= 0.3 is 0 Å². The van der Waals surface area contributed by atoms with Crippen LogP contribution in [0, 0.1) is 13.8 Å². The molecule has 0 bridgehead atoms. The van der Waals surface area contributed by atoms with Crippen LogP contribution in [0.1, 0.15) is 45.5 Å². The van der Waals surface area contributed by atoms with Crippen LogP contribution in [0.2, 0.25) is 0 Å². The lowest BCUT2D eigenvalue weighted by Gasteiger charge is -1.89. The fourth-order valence-electron chi connectivity index (χ4n) is 1.25. The first-order valence-corrected chi connectivity index (χ1v) is 6.10. The van der Waals surface area contributed by atoms with E-state index >= 15 is 0 Å². The molecule has 0 unspecified atom stereocenters. The van der Waals surface area contributed by atoms with Crippen molar-refractivity contribution in [3.05, 3.63) is 29.6 Å². The predicted octanol–water partition coefficient (Wildman–Crippen LogP) is 4.62. The Balaban J connectivity index is 0.000000394. The molecular formula is C14H24N2. The minimum absolute atomic E-state index is 0.977. The number of nitrogens with one attached hydrogen (secondary N) is 1. The molecule has 90 valence electrons. The topological polar surface area (TPSA) is 28.7 Å². The van der Waals surface area contributed by atoms with Crippen LogP contribution in [0.4, 0.5) is 0 Å². The summed E-state index contributed by atoms with van der Waals surface area (Å²) in [5.41, 5.74) is 3.44. The lowest BCUT2D eigenvalue weighted by molar-refractivity contribution is 1.09. The van der Waals surface area contributed by atoms with E-state index in [1.165, 1.54) is 12.0 Å². The average Bonchev–Trinajstić information content (AvgIpc) is 2.61. The zero-order valence-corrected chi connectivity index (χ0v) is 11.4. The standard InChI is InChI=1S/C9H10N2.C3H8.C2H6/c1-6-3-4-8-9(5-6)11-7(2)10-8;1-3-2;1-2/h3-5H,1-2H3,(H,10,11);3H2,1-2H3;1-2H3. The van der Waals surface area contributed by atoms with Crippen LogP contribution in [0.3, 0.4) is 0 Å². The van der Waals surface area contributed by atoms with E-state index in [2.05, 4.69) is 42.9 Å². The molecular weight excluding hydrogens is 196 g/mol. The summed E-state index contributed by atoms with van der Waals surface area (Å²) in [7, 11) is 0. The summed E-state index contributed by atoms with van der Waals surface area (Å²) >= 11 is 0. The summed E-state index contributed by atoms with van der Waals surface area (Å²) in [6.07, 6.45) is 1.25. The van der Waals surface area contributed by atoms with Crippen LogP contribution in [-0.2, 0) is 0 Å². The van der Waals surface area contributed by atoms with Gasteiger partial charge in [0, 0.05) is 0 Å². The van der Waals surface area contributed by atoms with Gasteiger partial charge in [0.1, 0.15) is 5.82 Å². The van der Waals surface area contributed by atoms with Gasteiger partial charge in [-0.15, -0.1) is 0 Å². The van der Waals surface area contributed by atoms with Gasteiger partial charge in [-0.25, -0.2) is 4.98 Å². The smallest absolute Gasteiger partial charge is 0.104 e. The van der Waals surface area contributed by atoms with Crippen LogP contribution in [0.5, 0.6) is 0 Å². The predicted molar refractivity (Wildman–Crippen MR) is 72.9 cm³/mol. The molecule has 1 aromatic carbocycles. The minimum atomic E-state index is 0.977. The largest absolute Gasteiger partial charge is 0.342 e. The highest BCUT2D eigenvalue weighted by atomic mass is 14.9. The molecule has 2 rings (SSSR count). The Morgan fingerprint density at radius 1 is 1.12 bits per heavy atom. The highest BCUT2D eigenvalue weighted by molar-refractivity contribution is 5.75. The van der Waals surface area contributed by atoms with Gasteiger partial charge in [-0.3, -0.25) is 0 Å². The minimum Gasteiger partial charge on any atom is -0.342 e. The van der Waals surface area contributed by atoms with E-state index < -0.39 is 0 Å². The van der Waals surface area contributed by atoms with E-state index in [1.807, 2.05) is 26.8 Å². The van der Waals surface area contributed by atoms with Crippen LogP contribution in [-0.4, -0.2) is 9.97 Å². The lowest BCUT2D eigenvalue weighted by atomic mass is 10.2. The van der Waals surface area contributed by atoms with Gasteiger partial charge in [0.25, 0.3) is 0 Å². The van der Waals surface area contributed by atoms with E-state index in [9.17, 15) is 0 Å². The molecule has 0 aliphatic carbocycles. The summed E-state index contributed by atoms with van der Waals surface area (Å²) in [5, 5.41) is 0. The molecule has 1 heterocycles. The highest BCUT2D eigenvalue weighted by Gasteiger charge is 1.96. The molecule has 1 aromatic heterocycles. The number of fused-ring (bicyclic) bond motifs is 1. The van der Waals surface area contributed by atoms with E-state index in [4.69, 9.17) is 0 Å². The molecule has 0 aliphatic heterocycles. The van der Waals surface area contributed by atoms with E-state index in [0.29, 0.717) is 0 Å². The normalized spacial score (nSPS) is 8.88. The SMILES string of the molecule is CC.CCC.Cc1ccc2nc(C)[nH]c2c1. The number of benzene rings is 1. The second-order valence-electron chi connectivity index (χ2n) is 3.55. The summed E-state index contributed by atoms with van der Waals surface area (Å²) in [4.78, 5) is 7.49. The highest BCUT2D eigenvalue weighted by Crippen LogP contribution is 2.12. The monoisotopic (exact) mass is 220 g/mol. The van der Waals surface area contributed by atoms with Crippen molar-refractivity contribution in [2.24, 2.45) is 0 Å². The third kappa shape index (κ3) is 4.47. The van der Waals surface area contributed by atoms with Crippen LogP contribution < -0.4 is 0 Å². The zero-order chi connectivity index (χ0) is 12.6. The summed E-state index contributed by atoms with van der Waals surface area (Å²) in [6, 6.07) is 6.21. The van der Waals surface area contributed by atoms with Gasteiger partial charge < -0.3 is 4.98 Å². The molecule has 2 heteroatoms. The van der Waals surface area contributed by atoms with Crippen molar-refractivity contribution >= 4 is 11.0 Å². The van der Waals surface area contributed by atoms with Crippen molar-refractivity contribution in [1.82, 2.24) is 9.97 Å². The molecule has 16 heavy (non-hydrogen) atoms. The Kier molecular flexibility index (Phi) is 7.27. The maximum Gasteiger partial charge on any atom is 0.104 e. The number of nitrogens with zero attached hydrogens (tertiary/aromatic N) is 1. The van der Waals surface area contributed by atoms with Crippen molar-refractivity contribution in [2.75, 3.05) is 0 Å². The summed E-state index contributed by atoms with van der Waals surface area (Å²) in [5.74, 6) is 0.977. The van der Waals surface area contributed by atoms with Gasteiger partial charge in [-0.2, -0.15) is 0 Å². The Morgan fingerprint density at radius 3 is 2.25 bits per heavy atom. The molecule has 0 saturated carbocycles. The first kappa shape index (κ1) is 14.7. The van der Waals surface area contributed by atoms with Crippen molar-refractivity contribution in [1.29, 1.82) is 0 Å². The zero-order valence-electron chi connectivity index (χ0n) is 11.4. The molecule has 2 aromatic rings. The van der Waals surface area contributed by atoms with E-state index in [-0.39, 0.29) is 0 Å². The fraction of sp³-hybridized carbons (Fsp3) is 0.500. The lowest BCUT2D eigenvalue weighted by Crippen LogP contribution is -1.71. The third-order valence-electron chi connectivity index (χ3n) is 1.76. The number of aromatic amines is 1. The molecule has 0 saturated heterocycles. The quantitative estimate of drug-likeness (QED) is 0.689. The second-order valence-corrected chi connectivity index (χ2v) is 3.55. The molecule has 0 amide bonds. The fourth-order valence-corrected chi connectivity index (χ4v) is 1.25. The van der Waals surface area contributed by atoms with E-state index in [1.54, 1.807) is 0 Å². The molecule has 1 N–H and O–H groups in total. The number of rotatable bonds is 0. The number of hydrogen-bond donors (Lipinski definition) is 1. The van der Waals surface area contributed by atoms with Crippen molar-refractivity contribution in [2.45, 2.75) is 48.0 Å². The first-order chi connectivity index (χ1) is 7.67. The van der Waals surface area contributed by atoms with Gasteiger partial charge in [0.15, 0.2) is 0 Å². The van der Waals surface area contributed by atoms with E-state index in [0.717, 1.165) is 16.9 Å². The number of H-pyrrole nitrogens is 1. The third-order valence-corrected chi connectivity index (χ3v) is 1.76. The number of hydrogen-bond acceptors (Lipinski definition) is 1.